The molecule has 1 rings (SSSR count). The molecule has 11 heavy (non-hydrogen) atoms. The summed E-state index contributed by atoms with van der Waals surface area (Å²) in [5.74, 6) is 0. The van der Waals surface area contributed by atoms with Crippen LogP contribution in [-0.2, 0) is 0 Å². The van der Waals surface area contributed by atoms with Gasteiger partial charge in [-0.15, -0.1) is 0 Å². The Morgan fingerprint density at radius 2 is 1.91 bits per heavy atom. The quantitative estimate of drug-likeness (QED) is 0.516. The molecular weight excluding hydrogens is 136 g/mol. The Bertz CT molecular complexity index is 190. The van der Waals surface area contributed by atoms with E-state index in [1.807, 2.05) is 24.7 Å². The van der Waals surface area contributed by atoms with E-state index in [1.165, 1.54) is 0 Å². The molecule has 0 aromatic rings. The van der Waals surface area contributed by atoms with Gasteiger partial charge in [0.15, 0.2) is 0 Å². The van der Waals surface area contributed by atoms with Gasteiger partial charge in [-0.3, -0.25) is 0 Å². The van der Waals surface area contributed by atoms with E-state index in [4.69, 9.17) is 0 Å². The average molecular weight is 150 g/mol. The predicted octanol–water partition coefficient (Wildman–Crippen LogP) is 2.16. The molecule has 1 aliphatic heterocycles. The molecule has 0 saturated carbocycles. The maximum atomic E-state index is 4.08. The predicted molar refractivity (Wildman–Crippen MR) is 48.4 cm³/mol. The van der Waals surface area contributed by atoms with Gasteiger partial charge in [-0.25, -0.2) is 4.99 Å². The zero-order valence-corrected chi connectivity index (χ0v) is 7.28. The van der Waals surface area contributed by atoms with E-state index < -0.39 is 0 Å². The lowest BCUT2D eigenvalue weighted by Gasteiger charge is -2.30. The highest BCUT2D eigenvalue weighted by Gasteiger charge is 2.15. The lowest BCUT2D eigenvalue weighted by Crippen LogP contribution is -2.35. The molecule has 0 radical (unpaired) electrons. The van der Waals surface area contributed by atoms with Crippen molar-refractivity contribution >= 4 is 6.34 Å². The van der Waals surface area contributed by atoms with Gasteiger partial charge in [0.1, 0.15) is 0 Å². The lowest BCUT2D eigenvalue weighted by atomic mass is 10.1. The van der Waals surface area contributed by atoms with Crippen LogP contribution in [0.3, 0.4) is 0 Å². The van der Waals surface area contributed by atoms with Crippen LogP contribution in [0, 0.1) is 0 Å². The third-order valence-electron chi connectivity index (χ3n) is 1.50. The number of rotatable bonds is 0. The van der Waals surface area contributed by atoms with Crippen LogP contribution in [0.4, 0.5) is 0 Å². The van der Waals surface area contributed by atoms with Crippen molar-refractivity contribution in [2.75, 3.05) is 0 Å². The number of hydrogen-bond donors (Lipinski definition) is 0. The lowest BCUT2D eigenvalue weighted by molar-refractivity contribution is 0.320. The molecule has 1 heterocycles. The van der Waals surface area contributed by atoms with Gasteiger partial charge in [-0.1, -0.05) is 0 Å². The molecule has 0 aromatic carbocycles. The van der Waals surface area contributed by atoms with Crippen molar-refractivity contribution in [3.8, 4) is 0 Å². The van der Waals surface area contributed by atoms with Gasteiger partial charge in [0, 0.05) is 17.9 Å². The van der Waals surface area contributed by atoms with E-state index in [9.17, 15) is 0 Å². The van der Waals surface area contributed by atoms with Crippen LogP contribution < -0.4 is 0 Å². The second kappa shape index (κ2) is 2.91. The molecule has 2 nitrogen and oxygen atoms in total. The minimum atomic E-state index is 0.117. The summed E-state index contributed by atoms with van der Waals surface area (Å²) < 4.78 is 0. The smallest absolute Gasteiger partial charge is 0.0949 e. The van der Waals surface area contributed by atoms with E-state index in [0.717, 1.165) is 0 Å². The number of allylic oxidation sites excluding steroid dienone is 2. The molecule has 0 atom stereocenters. The first-order valence-corrected chi connectivity index (χ1v) is 3.76. The fraction of sp³-hybridized carbons (Fsp3) is 0.444. The highest BCUT2D eigenvalue weighted by atomic mass is 15.2. The molecule has 0 N–H and O–H groups in total. The molecule has 60 valence electrons. The first-order valence-electron chi connectivity index (χ1n) is 3.76. The number of hydrogen-bond acceptors (Lipinski definition) is 2. The largest absolute Gasteiger partial charge is 0.334 e. The highest BCUT2D eigenvalue weighted by Crippen LogP contribution is 2.12. The van der Waals surface area contributed by atoms with Crippen LogP contribution in [0.2, 0.25) is 0 Å². The van der Waals surface area contributed by atoms with Crippen molar-refractivity contribution in [3.63, 3.8) is 0 Å². The van der Waals surface area contributed by atoms with E-state index in [-0.39, 0.29) is 5.54 Å². The Kier molecular flexibility index (Phi) is 2.13. The summed E-state index contributed by atoms with van der Waals surface area (Å²) in [6, 6.07) is 0. The van der Waals surface area contributed by atoms with Gasteiger partial charge in [0.25, 0.3) is 0 Å². The standard InChI is InChI=1S/C9H14N2/c1-9(2,3)11-7-5-4-6-10-8-11/h4-8H,1-3H3. The average Bonchev–Trinajstić information content (AvgIpc) is 2.10. The van der Waals surface area contributed by atoms with E-state index in [1.54, 1.807) is 6.20 Å². The van der Waals surface area contributed by atoms with Crippen LogP contribution >= 0.6 is 0 Å². The second-order valence-electron chi connectivity index (χ2n) is 3.53. The Labute approximate surface area is 67.9 Å². The molecule has 0 saturated heterocycles. The van der Waals surface area contributed by atoms with Crippen molar-refractivity contribution in [1.29, 1.82) is 0 Å². The minimum Gasteiger partial charge on any atom is -0.334 e. The van der Waals surface area contributed by atoms with Gasteiger partial charge in [-0.05, 0) is 32.9 Å². The van der Waals surface area contributed by atoms with Gasteiger partial charge in [0.2, 0.25) is 0 Å². The molecule has 2 heteroatoms. The Balaban J connectivity index is 2.75. The Morgan fingerprint density at radius 1 is 1.18 bits per heavy atom. The molecule has 1 aliphatic rings. The SMILES string of the molecule is CC(C)(C)N1C=CC=CN=C1. The molecule has 0 aromatic heterocycles. The topological polar surface area (TPSA) is 15.6 Å². The van der Waals surface area contributed by atoms with Crippen molar-refractivity contribution in [2.45, 2.75) is 26.3 Å². The van der Waals surface area contributed by atoms with Crippen LogP contribution in [0.15, 0.2) is 29.5 Å². The van der Waals surface area contributed by atoms with E-state index >= 15 is 0 Å². The summed E-state index contributed by atoms with van der Waals surface area (Å²) >= 11 is 0. The van der Waals surface area contributed by atoms with Crippen LogP contribution in [-0.4, -0.2) is 16.8 Å². The highest BCUT2D eigenvalue weighted by molar-refractivity contribution is 5.59. The molecule has 0 spiro atoms. The summed E-state index contributed by atoms with van der Waals surface area (Å²) in [7, 11) is 0. The van der Waals surface area contributed by atoms with Crippen molar-refractivity contribution < 1.29 is 0 Å². The first kappa shape index (κ1) is 8.05. The normalized spacial score (nSPS) is 17.2. The summed E-state index contributed by atoms with van der Waals surface area (Å²) in [5, 5.41) is 0. The van der Waals surface area contributed by atoms with Crippen molar-refractivity contribution in [3.05, 3.63) is 24.6 Å². The first-order chi connectivity index (χ1) is 5.11. The molecule has 0 aliphatic carbocycles. The molecule has 0 unspecified atom stereocenters. The van der Waals surface area contributed by atoms with Crippen LogP contribution in [0.25, 0.3) is 0 Å². The van der Waals surface area contributed by atoms with Crippen LogP contribution in [0.5, 0.6) is 0 Å². The maximum Gasteiger partial charge on any atom is 0.0949 e. The molecule has 0 amide bonds. The monoisotopic (exact) mass is 150 g/mol. The van der Waals surface area contributed by atoms with Gasteiger partial charge in [0.05, 0.1) is 6.34 Å². The van der Waals surface area contributed by atoms with E-state index in [2.05, 4.69) is 30.7 Å². The van der Waals surface area contributed by atoms with Gasteiger partial charge >= 0.3 is 0 Å². The third kappa shape index (κ3) is 2.22. The van der Waals surface area contributed by atoms with E-state index in [0.29, 0.717) is 0 Å². The fourth-order valence-electron chi connectivity index (χ4n) is 0.787. The van der Waals surface area contributed by atoms with Gasteiger partial charge in [-0.2, -0.15) is 0 Å². The maximum absolute atomic E-state index is 4.08. The molecule has 0 fully saturated rings. The summed E-state index contributed by atoms with van der Waals surface area (Å²) in [6.45, 7) is 6.44. The summed E-state index contributed by atoms with van der Waals surface area (Å²) in [6.07, 6.45) is 9.54. The van der Waals surface area contributed by atoms with Crippen molar-refractivity contribution in [1.82, 2.24) is 4.90 Å². The Morgan fingerprint density at radius 3 is 2.55 bits per heavy atom. The fourth-order valence-corrected chi connectivity index (χ4v) is 0.787. The van der Waals surface area contributed by atoms with Crippen LogP contribution in [0.1, 0.15) is 20.8 Å². The summed E-state index contributed by atoms with van der Waals surface area (Å²) in [5.41, 5.74) is 0.117. The van der Waals surface area contributed by atoms with Crippen molar-refractivity contribution in [2.24, 2.45) is 4.99 Å². The molecular formula is C9H14N2. The molecule has 0 bridgehead atoms. The zero-order chi connectivity index (χ0) is 8.32. The minimum absolute atomic E-state index is 0.117. The van der Waals surface area contributed by atoms with Gasteiger partial charge < -0.3 is 4.90 Å². The zero-order valence-electron chi connectivity index (χ0n) is 7.28. The Hall–Kier alpha value is -1.05. The third-order valence-corrected chi connectivity index (χ3v) is 1.50. The number of aliphatic imine (C=N–C) groups is 1. The number of nitrogens with zero attached hydrogens (tertiary/aromatic N) is 2. The second-order valence-corrected chi connectivity index (χ2v) is 3.53. The summed E-state index contributed by atoms with van der Waals surface area (Å²) in [4.78, 5) is 6.15.